The van der Waals surface area contributed by atoms with Gasteiger partial charge in [0.2, 0.25) is 6.41 Å². The molecule has 0 aliphatic rings. The van der Waals surface area contributed by atoms with Crippen LogP contribution < -0.4 is 16.8 Å². The molecule has 4 heteroatoms. The van der Waals surface area contributed by atoms with Crippen LogP contribution in [0.1, 0.15) is 5.56 Å². The van der Waals surface area contributed by atoms with Crippen LogP contribution in [0.5, 0.6) is 0 Å². The number of carbonyl (C=O) groups excluding carboxylic acids is 1. The SMILES string of the molecule is NCc1cc(N)cc(NC=O)c1. The Morgan fingerprint density at radius 3 is 2.75 bits per heavy atom. The van der Waals surface area contributed by atoms with E-state index < -0.39 is 0 Å². The number of nitrogens with one attached hydrogen (secondary N) is 1. The van der Waals surface area contributed by atoms with Crippen molar-refractivity contribution in [3.8, 4) is 0 Å². The minimum absolute atomic E-state index is 0.415. The first-order valence-electron chi connectivity index (χ1n) is 3.56. The molecule has 0 saturated heterocycles. The van der Waals surface area contributed by atoms with Crippen molar-refractivity contribution >= 4 is 17.8 Å². The van der Waals surface area contributed by atoms with Gasteiger partial charge in [0, 0.05) is 17.9 Å². The molecule has 0 aromatic heterocycles. The van der Waals surface area contributed by atoms with Gasteiger partial charge in [0.15, 0.2) is 0 Å². The summed E-state index contributed by atoms with van der Waals surface area (Å²) < 4.78 is 0. The van der Waals surface area contributed by atoms with Crippen molar-refractivity contribution in [1.82, 2.24) is 0 Å². The second-order valence-corrected chi connectivity index (χ2v) is 2.43. The number of hydrogen-bond donors (Lipinski definition) is 3. The zero-order valence-electron chi connectivity index (χ0n) is 6.58. The average Bonchev–Trinajstić information content (AvgIpc) is 2.04. The van der Waals surface area contributed by atoms with Gasteiger partial charge in [-0.3, -0.25) is 4.79 Å². The predicted octanol–water partition coefficient (Wildman–Crippen LogP) is 0.296. The molecule has 5 N–H and O–H groups in total. The van der Waals surface area contributed by atoms with E-state index in [1.165, 1.54) is 0 Å². The maximum absolute atomic E-state index is 10.1. The Labute approximate surface area is 70.6 Å². The maximum atomic E-state index is 10.1. The van der Waals surface area contributed by atoms with Crippen LogP contribution in [0, 0.1) is 0 Å². The zero-order chi connectivity index (χ0) is 8.97. The smallest absolute Gasteiger partial charge is 0.211 e. The lowest BCUT2D eigenvalue weighted by atomic mass is 10.2. The lowest BCUT2D eigenvalue weighted by Crippen LogP contribution is -2.01. The fourth-order valence-corrected chi connectivity index (χ4v) is 0.988. The average molecular weight is 165 g/mol. The van der Waals surface area contributed by atoms with Gasteiger partial charge in [-0.25, -0.2) is 0 Å². The van der Waals surface area contributed by atoms with Crippen LogP contribution in [-0.2, 0) is 11.3 Å². The summed E-state index contributed by atoms with van der Waals surface area (Å²) in [5.41, 5.74) is 13.1. The second-order valence-electron chi connectivity index (χ2n) is 2.43. The van der Waals surface area contributed by atoms with Crippen LogP contribution in [0.2, 0.25) is 0 Å². The summed E-state index contributed by atoms with van der Waals surface area (Å²) in [4.78, 5) is 10.1. The molecule has 0 aliphatic heterocycles. The fraction of sp³-hybridized carbons (Fsp3) is 0.125. The second kappa shape index (κ2) is 3.73. The van der Waals surface area contributed by atoms with E-state index in [9.17, 15) is 4.79 Å². The van der Waals surface area contributed by atoms with E-state index >= 15 is 0 Å². The van der Waals surface area contributed by atoms with Gasteiger partial charge >= 0.3 is 0 Å². The summed E-state index contributed by atoms with van der Waals surface area (Å²) in [6.07, 6.45) is 0.606. The van der Waals surface area contributed by atoms with E-state index in [1.54, 1.807) is 18.2 Å². The first-order chi connectivity index (χ1) is 5.76. The Balaban J connectivity index is 2.97. The zero-order valence-corrected chi connectivity index (χ0v) is 6.58. The third-order valence-electron chi connectivity index (χ3n) is 1.48. The summed E-state index contributed by atoms with van der Waals surface area (Å²) in [6, 6.07) is 5.23. The number of amides is 1. The largest absolute Gasteiger partial charge is 0.399 e. The van der Waals surface area contributed by atoms with Crippen molar-refractivity contribution in [3.05, 3.63) is 23.8 Å². The monoisotopic (exact) mass is 165 g/mol. The molecule has 0 bridgehead atoms. The molecule has 4 nitrogen and oxygen atoms in total. The van der Waals surface area contributed by atoms with Gasteiger partial charge in [-0.05, 0) is 23.8 Å². The molecule has 0 saturated carbocycles. The summed E-state index contributed by atoms with van der Waals surface area (Å²) in [7, 11) is 0. The number of rotatable bonds is 3. The maximum Gasteiger partial charge on any atom is 0.211 e. The molecule has 1 aromatic carbocycles. The minimum atomic E-state index is 0.415. The predicted molar refractivity (Wildman–Crippen MR) is 48.4 cm³/mol. The summed E-state index contributed by atoms with van der Waals surface area (Å²) in [6.45, 7) is 0.415. The summed E-state index contributed by atoms with van der Waals surface area (Å²) in [5, 5.41) is 2.51. The van der Waals surface area contributed by atoms with Crippen LogP contribution in [0.25, 0.3) is 0 Å². The third kappa shape index (κ3) is 1.96. The molecular formula is C8H11N3O. The van der Waals surface area contributed by atoms with E-state index in [4.69, 9.17) is 11.5 Å². The Hall–Kier alpha value is -1.55. The van der Waals surface area contributed by atoms with Crippen molar-refractivity contribution < 1.29 is 4.79 Å². The van der Waals surface area contributed by atoms with E-state index in [-0.39, 0.29) is 0 Å². The summed E-state index contributed by atoms with van der Waals surface area (Å²) >= 11 is 0. The van der Waals surface area contributed by atoms with Crippen LogP contribution >= 0.6 is 0 Å². The first-order valence-corrected chi connectivity index (χ1v) is 3.56. The van der Waals surface area contributed by atoms with Gasteiger partial charge in [0.25, 0.3) is 0 Å². The molecule has 1 amide bonds. The van der Waals surface area contributed by atoms with Crippen molar-refractivity contribution in [2.24, 2.45) is 5.73 Å². The third-order valence-corrected chi connectivity index (χ3v) is 1.48. The normalized spacial score (nSPS) is 9.42. The quantitative estimate of drug-likeness (QED) is 0.445. The molecule has 1 rings (SSSR count). The van der Waals surface area contributed by atoms with Crippen molar-refractivity contribution in [1.29, 1.82) is 0 Å². The Morgan fingerprint density at radius 2 is 2.17 bits per heavy atom. The standard InChI is InChI=1S/C8H11N3O/c9-4-6-1-7(10)3-8(2-6)11-5-12/h1-3,5H,4,9-10H2,(H,11,12). The number of nitrogens with two attached hydrogens (primary N) is 2. The van der Waals surface area contributed by atoms with Gasteiger partial charge in [-0.2, -0.15) is 0 Å². The van der Waals surface area contributed by atoms with Crippen molar-refractivity contribution in [2.45, 2.75) is 6.54 Å². The van der Waals surface area contributed by atoms with Gasteiger partial charge < -0.3 is 16.8 Å². The molecule has 0 atom stereocenters. The number of benzene rings is 1. The molecule has 64 valence electrons. The van der Waals surface area contributed by atoms with Gasteiger partial charge in [0.05, 0.1) is 0 Å². The lowest BCUT2D eigenvalue weighted by Gasteiger charge is -2.03. The highest BCUT2D eigenvalue weighted by molar-refractivity contribution is 5.73. The van der Waals surface area contributed by atoms with E-state index in [2.05, 4.69) is 5.32 Å². The van der Waals surface area contributed by atoms with Crippen molar-refractivity contribution in [3.63, 3.8) is 0 Å². The highest BCUT2D eigenvalue weighted by Crippen LogP contribution is 2.15. The van der Waals surface area contributed by atoms with E-state index in [0.717, 1.165) is 5.56 Å². The van der Waals surface area contributed by atoms with Crippen molar-refractivity contribution in [2.75, 3.05) is 11.1 Å². The number of anilines is 2. The first kappa shape index (κ1) is 8.55. The Morgan fingerprint density at radius 1 is 1.42 bits per heavy atom. The highest BCUT2D eigenvalue weighted by atomic mass is 16.1. The van der Waals surface area contributed by atoms with Crippen LogP contribution in [0.4, 0.5) is 11.4 Å². The van der Waals surface area contributed by atoms with Gasteiger partial charge in [-0.15, -0.1) is 0 Å². The highest BCUT2D eigenvalue weighted by Gasteiger charge is 1.95. The Kier molecular flexibility index (Phi) is 2.66. The van der Waals surface area contributed by atoms with E-state index in [0.29, 0.717) is 24.3 Å². The topological polar surface area (TPSA) is 81.1 Å². The molecule has 0 unspecified atom stereocenters. The molecular weight excluding hydrogens is 154 g/mol. The molecule has 0 fully saturated rings. The molecule has 0 spiro atoms. The number of nitrogen functional groups attached to an aromatic ring is 1. The molecule has 0 radical (unpaired) electrons. The lowest BCUT2D eigenvalue weighted by molar-refractivity contribution is -0.105. The molecule has 0 heterocycles. The molecule has 0 aliphatic carbocycles. The van der Waals surface area contributed by atoms with Crippen LogP contribution in [0.3, 0.4) is 0 Å². The fourth-order valence-electron chi connectivity index (χ4n) is 0.988. The molecule has 12 heavy (non-hydrogen) atoms. The number of carbonyl (C=O) groups is 1. The van der Waals surface area contributed by atoms with E-state index in [1.807, 2.05) is 0 Å². The molecule has 1 aromatic rings. The Bertz CT molecular complexity index is 286. The van der Waals surface area contributed by atoms with Gasteiger partial charge in [-0.1, -0.05) is 0 Å². The van der Waals surface area contributed by atoms with Crippen LogP contribution in [-0.4, -0.2) is 6.41 Å². The number of hydrogen-bond acceptors (Lipinski definition) is 3. The van der Waals surface area contributed by atoms with Gasteiger partial charge in [0.1, 0.15) is 0 Å². The summed E-state index contributed by atoms with van der Waals surface area (Å²) in [5.74, 6) is 0. The van der Waals surface area contributed by atoms with Crippen LogP contribution in [0.15, 0.2) is 18.2 Å². The minimum Gasteiger partial charge on any atom is -0.399 e.